The number of aromatic amines is 1. The van der Waals surface area contributed by atoms with E-state index in [2.05, 4.69) is 25.5 Å². The smallest absolute Gasteiger partial charge is 0.177 e. The Labute approximate surface area is 217 Å². The average Bonchev–Trinajstić information content (AvgIpc) is 3.31. The number of hydrogen-bond donors (Lipinski definition) is 3. The zero-order chi connectivity index (χ0) is 25.1. The summed E-state index contributed by atoms with van der Waals surface area (Å²) >= 11 is 12.5. The van der Waals surface area contributed by atoms with E-state index in [9.17, 15) is 0 Å². The van der Waals surface area contributed by atoms with Crippen LogP contribution in [0.3, 0.4) is 0 Å². The zero-order valence-electron chi connectivity index (χ0n) is 19.2. The fourth-order valence-electron chi connectivity index (χ4n) is 3.85. The minimum absolute atomic E-state index is 0.336. The first-order chi connectivity index (χ1) is 17.5. The Morgan fingerprint density at radius 1 is 1.00 bits per heavy atom. The van der Waals surface area contributed by atoms with Crippen LogP contribution in [0.4, 0.5) is 5.69 Å². The molecule has 10 heteroatoms. The number of anilines is 1. The molecule has 0 saturated carbocycles. The van der Waals surface area contributed by atoms with E-state index >= 15 is 0 Å². The third-order valence-corrected chi connectivity index (χ3v) is 6.21. The Hall–Kier alpha value is -3.85. The van der Waals surface area contributed by atoms with E-state index in [-0.39, 0.29) is 0 Å². The molecule has 5 rings (SSSR count). The summed E-state index contributed by atoms with van der Waals surface area (Å²) in [4.78, 5) is 8.12. The number of fused-ring (bicyclic) bond motifs is 1. The van der Waals surface area contributed by atoms with Gasteiger partial charge in [-0.3, -0.25) is 20.8 Å². The fraction of sp³-hybridized carbons (Fsp3) is 0.115. The summed E-state index contributed by atoms with van der Waals surface area (Å²) in [6.45, 7) is 0.623. The molecule has 1 atom stereocenters. The fourth-order valence-corrected chi connectivity index (χ4v) is 4.43. The Morgan fingerprint density at radius 2 is 1.83 bits per heavy atom. The van der Waals surface area contributed by atoms with Crippen LogP contribution in [-0.4, -0.2) is 27.3 Å². The van der Waals surface area contributed by atoms with Gasteiger partial charge in [0.2, 0.25) is 0 Å². The molecule has 0 amide bonds. The van der Waals surface area contributed by atoms with Gasteiger partial charge in [-0.25, -0.2) is 0 Å². The predicted octanol–water partition coefficient (Wildman–Crippen LogP) is 5.98. The first-order valence-corrected chi connectivity index (χ1v) is 11.8. The highest BCUT2D eigenvalue weighted by Crippen LogP contribution is 2.35. The van der Waals surface area contributed by atoms with Gasteiger partial charge in [0, 0.05) is 59.6 Å². The maximum atomic E-state index is 6.26. The van der Waals surface area contributed by atoms with Crippen LogP contribution >= 0.6 is 23.2 Å². The molecule has 2 aromatic carbocycles. The number of halogens is 2. The van der Waals surface area contributed by atoms with Crippen LogP contribution in [0.15, 0.2) is 73.3 Å². The lowest BCUT2D eigenvalue weighted by Gasteiger charge is -2.17. The Bertz CT molecular complexity index is 1490. The molecular weight excluding hydrogens is 499 g/mol. The first-order valence-electron chi connectivity index (χ1n) is 11.0. The number of ether oxygens (including phenoxy) is 2. The van der Waals surface area contributed by atoms with Crippen LogP contribution in [0.1, 0.15) is 17.4 Å². The quantitative estimate of drug-likeness (QED) is 0.215. The zero-order valence-corrected chi connectivity index (χ0v) is 20.7. The molecule has 182 valence electrons. The predicted molar refractivity (Wildman–Crippen MR) is 141 cm³/mol. The molecule has 36 heavy (non-hydrogen) atoms. The topological polar surface area (TPSA) is 111 Å². The standard InChI is InChI=1S/C26H22Cl2N6O2/c1-35-19-8-16(7-17(9-19)32-12-15-3-2-6-30-11-15)25-20-10-18(4-5-23(20)33-34-25)36-26(29)24-21(27)13-31-14-22(24)28/h2-11,13-14,26,32H,12,29H2,1H3,(H,33,34)/t26-/m0/s1. The summed E-state index contributed by atoms with van der Waals surface area (Å²) in [5.41, 5.74) is 11.2. The third-order valence-electron chi connectivity index (χ3n) is 5.61. The molecule has 5 aromatic rings. The number of aromatic nitrogens is 4. The summed E-state index contributed by atoms with van der Waals surface area (Å²) in [5.74, 6) is 1.24. The molecule has 4 N–H and O–H groups in total. The first kappa shape index (κ1) is 23.9. The minimum Gasteiger partial charge on any atom is -0.497 e. The normalized spacial score (nSPS) is 11.9. The molecule has 0 bridgehead atoms. The van der Waals surface area contributed by atoms with Gasteiger partial charge in [-0.15, -0.1) is 0 Å². The molecule has 0 fully saturated rings. The van der Waals surface area contributed by atoms with Crippen LogP contribution in [0.5, 0.6) is 11.5 Å². The second kappa shape index (κ2) is 10.4. The van der Waals surface area contributed by atoms with Gasteiger partial charge in [0.05, 0.1) is 22.7 Å². The van der Waals surface area contributed by atoms with Crippen LogP contribution < -0.4 is 20.5 Å². The highest BCUT2D eigenvalue weighted by Gasteiger charge is 2.18. The molecule has 0 saturated heterocycles. The van der Waals surface area contributed by atoms with Crippen molar-refractivity contribution in [3.05, 3.63) is 94.5 Å². The van der Waals surface area contributed by atoms with E-state index in [1.54, 1.807) is 19.4 Å². The number of benzene rings is 2. The second-order valence-electron chi connectivity index (χ2n) is 8.00. The summed E-state index contributed by atoms with van der Waals surface area (Å²) in [5, 5.41) is 12.6. The van der Waals surface area contributed by atoms with Gasteiger partial charge in [0.25, 0.3) is 0 Å². The third kappa shape index (κ3) is 5.06. The highest BCUT2D eigenvalue weighted by molar-refractivity contribution is 6.35. The van der Waals surface area contributed by atoms with Crippen LogP contribution in [0, 0.1) is 0 Å². The minimum atomic E-state index is -0.874. The van der Waals surface area contributed by atoms with Crippen molar-refractivity contribution in [2.75, 3.05) is 12.4 Å². The van der Waals surface area contributed by atoms with Crippen molar-refractivity contribution in [1.29, 1.82) is 0 Å². The van der Waals surface area contributed by atoms with Crippen molar-refractivity contribution in [3.8, 4) is 22.8 Å². The summed E-state index contributed by atoms with van der Waals surface area (Å²) in [6.07, 6.45) is 5.66. The van der Waals surface area contributed by atoms with E-state index in [4.69, 9.17) is 38.4 Å². The Kier molecular flexibility index (Phi) is 6.90. The number of rotatable bonds is 8. The maximum Gasteiger partial charge on any atom is 0.177 e. The molecular formula is C26H22Cl2N6O2. The molecule has 0 spiro atoms. The van der Waals surface area contributed by atoms with Crippen LogP contribution in [0.25, 0.3) is 22.2 Å². The summed E-state index contributed by atoms with van der Waals surface area (Å²) in [6, 6.07) is 15.4. The Balaban J connectivity index is 1.45. The van der Waals surface area contributed by atoms with E-state index in [1.807, 2.05) is 48.7 Å². The van der Waals surface area contributed by atoms with Crippen LogP contribution in [0.2, 0.25) is 10.0 Å². The van der Waals surface area contributed by atoms with Gasteiger partial charge in [0.1, 0.15) is 17.2 Å². The molecule has 8 nitrogen and oxygen atoms in total. The van der Waals surface area contributed by atoms with E-state index in [0.717, 1.165) is 33.4 Å². The lowest BCUT2D eigenvalue weighted by atomic mass is 10.1. The molecule has 0 aliphatic rings. The van der Waals surface area contributed by atoms with Gasteiger partial charge in [-0.05, 0) is 42.0 Å². The van der Waals surface area contributed by atoms with Gasteiger partial charge in [-0.2, -0.15) is 5.10 Å². The SMILES string of the molecule is COc1cc(NCc2cccnc2)cc(-c2n[nH]c3ccc(O[C@H](N)c4c(Cl)cncc4Cl)cc23)c1. The maximum absolute atomic E-state index is 6.26. The lowest BCUT2D eigenvalue weighted by Crippen LogP contribution is -2.18. The van der Waals surface area contributed by atoms with Crippen molar-refractivity contribution in [1.82, 2.24) is 20.2 Å². The highest BCUT2D eigenvalue weighted by atomic mass is 35.5. The summed E-state index contributed by atoms with van der Waals surface area (Å²) in [7, 11) is 1.63. The molecule has 0 aliphatic carbocycles. The van der Waals surface area contributed by atoms with Crippen molar-refractivity contribution in [2.45, 2.75) is 12.8 Å². The van der Waals surface area contributed by atoms with Crippen molar-refractivity contribution < 1.29 is 9.47 Å². The number of H-pyrrole nitrogens is 1. The van der Waals surface area contributed by atoms with E-state index in [0.29, 0.717) is 33.7 Å². The van der Waals surface area contributed by atoms with Gasteiger partial charge in [0.15, 0.2) is 6.23 Å². The number of methoxy groups -OCH3 is 1. The lowest BCUT2D eigenvalue weighted by molar-refractivity contribution is 0.214. The Morgan fingerprint density at radius 3 is 2.58 bits per heavy atom. The molecule has 3 heterocycles. The summed E-state index contributed by atoms with van der Waals surface area (Å²) < 4.78 is 11.5. The van der Waals surface area contributed by atoms with Crippen LogP contribution in [-0.2, 0) is 6.54 Å². The monoisotopic (exact) mass is 520 g/mol. The average molecular weight is 521 g/mol. The van der Waals surface area contributed by atoms with Gasteiger partial charge in [-0.1, -0.05) is 29.3 Å². The molecule has 3 aromatic heterocycles. The molecule has 0 unspecified atom stereocenters. The number of pyridine rings is 2. The molecule has 0 radical (unpaired) electrons. The van der Waals surface area contributed by atoms with Gasteiger partial charge >= 0.3 is 0 Å². The van der Waals surface area contributed by atoms with E-state index < -0.39 is 6.23 Å². The number of nitrogens with two attached hydrogens (primary N) is 1. The largest absolute Gasteiger partial charge is 0.497 e. The van der Waals surface area contributed by atoms with E-state index in [1.165, 1.54) is 12.4 Å². The second-order valence-corrected chi connectivity index (χ2v) is 8.81. The number of nitrogens with zero attached hydrogens (tertiary/aromatic N) is 3. The number of nitrogens with one attached hydrogen (secondary N) is 2. The van der Waals surface area contributed by atoms with Crippen molar-refractivity contribution in [3.63, 3.8) is 0 Å². The van der Waals surface area contributed by atoms with Gasteiger partial charge < -0.3 is 14.8 Å². The van der Waals surface area contributed by atoms with Crippen molar-refractivity contribution >= 4 is 39.8 Å². The van der Waals surface area contributed by atoms with Crippen molar-refractivity contribution in [2.24, 2.45) is 5.73 Å². The molecule has 0 aliphatic heterocycles. The number of hydrogen-bond acceptors (Lipinski definition) is 7.